The molecule has 0 radical (unpaired) electrons. The number of rotatable bonds is 23. The monoisotopic (exact) mass is 1740 g/mol. The van der Waals surface area contributed by atoms with Crippen LogP contribution in [0.25, 0.3) is 55.8 Å². The van der Waals surface area contributed by atoms with Gasteiger partial charge in [-0.15, -0.1) is 0 Å². The third-order valence-corrected chi connectivity index (χ3v) is 28.8. The highest BCUT2D eigenvalue weighted by atomic mass is 31.2. The summed E-state index contributed by atoms with van der Waals surface area (Å²) in [6.45, 7) is 4.90. The number of aryl methyl sites for hydroxylation is 3. The molecule has 119 heavy (non-hydrogen) atoms. The number of phosphoric ester groups is 4. The van der Waals surface area contributed by atoms with Gasteiger partial charge in [0.2, 0.25) is 0 Å². The molecular formula is C70H97N23O22P4. The number of anilines is 5. The molecule has 0 saturated heterocycles. The van der Waals surface area contributed by atoms with Crippen LogP contribution in [0, 0.1) is 77.4 Å². The van der Waals surface area contributed by atoms with Gasteiger partial charge in [-0.3, -0.25) is 18.1 Å². The van der Waals surface area contributed by atoms with Gasteiger partial charge >= 0.3 is 31.3 Å². The van der Waals surface area contributed by atoms with E-state index in [1.54, 1.807) is 69.4 Å². The van der Waals surface area contributed by atoms with Crippen LogP contribution >= 0.6 is 31.3 Å². The van der Waals surface area contributed by atoms with Gasteiger partial charge in [-0.25, -0.2) is 83.1 Å². The predicted molar refractivity (Wildman–Crippen MR) is 423 cm³/mol. The molecule has 10 aromatic rings. The molecule has 10 fully saturated rings. The zero-order valence-electron chi connectivity index (χ0n) is 65.8. The first-order valence-corrected chi connectivity index (χ1v) is 44.9. The van der Waals surface area contributed by atoms with E-state index in [2.05, 4.69) is 105 Å². The molecule has 10 saturated carbocycles. The van der Waals surface area contributed by atoms with Gasteiger partial charge in [-0.2, -0.15) is 0 Å². The number of nitrogens with zero attached hydrogens (tertiary/aromatic N) is 18. The zero-order valence-corrected chi connectivity index (χ0v) is 69.4. The molecule has 20 rings (SSSR count). The van der Waals surface area contributed by atoms with Crippen LogP contribution in [-0.4, -0.2) is 256 Å². The molecule has 10 aliphatic carbocycles. The maximum absolute atomic E-state index is 11.5. The zero-order chi connectivity index (χ0) is 85.0. The van der Waals surface area contributed by atoms with Crippen LogP contribution in [0.3, 0.4) is 0 Å². The van der Waals surface area contributed by atoms with Crippen molar-refractivity contribution in [1.82, 2.24) is 87.6 Å². The molecule has 0 aliphatic heterocycles. The Morgan fingerprint density at radius 1 is 0.370 bits per heavy atom. The summed E-state index contributed by atoms with van der Waals surface area (Å²) in [5, 5.41) is 74.6. The largest absolute Gasteiger partial charge is 0.469 e. The lowest BCUT2D eigenvalue weighted by atomic mass is 10.0. The molecule has 10 aliphatic rings. The van der Waals surface area contributed by atoms with Crippen LogP contribution in [0.4, 0.5) is 28.8 Å². The number of pyridine rings is 2. The van der Waals surface area contributed by atoms with Gasteiger partial charge in [0, 0.05) is 105 Å². The van der Waals surface area contributed by atoms with E-state index in [9.17, 15) is 68.5 Å². The first-order chi connectivity index (χ1) is 56.4. The lowest BCUT2D eigenvalue weighted by Gasteiger charge is -2.24. The maximum Gasteiger partial charge on any atom is 0.469 e. The minimum absolute atomic E-state index is 0.0533. The molecule has 20 atom stereocenters. The predicted octanol–water partition coefficient (Wildman–Crippen LogP) is 3.46. The van der Waals surface area contributed by atoms with E-state index in [0.717, 1.165) is 75.8 Å². The summed E-state index contributed by atoms with van der Waals surface area (Å²) in [7, 11) is -10.1. The maximum atomic E-state index is 11.5. The molecule has 49 heteroatoms. The molecule has 19 N–H and O–H groups in total. The molecule has 0 amide bonds. The van der Waals surface area contributed by atoms with Crippen molar-refractivity contribution in [2.45, 2.75) is 146 Å². The van der Waals surface area contributed by atoms with Gasteiger partial charge in [-0.1, -0.05) is 0 Å². The Hall–Kier alpha value is -7.91. The minimum Gasteiger partial charge on any atom is -0.396 e. The van der Waals surface area contributed by atoms with E-state index >= 15 is 0 Å². The second-order valence-electron chi connectivity index (χ2n) is 32.9. The number of aliphatic hydroxyl groups excluding tert-OH is 6. The number of aliphatic hydroxyl groups is 6. The number of phosphoric acid groups is 4. The average Bonchev–Trinajstić information content (AvgIpc) is 2.20. The summed E-state index contributed by atoms with van der Waals surface area (Å²) in [5.41, 5.74) is 6.24. The number of hydrogen-bond acceptors (Lipinski definition) is 32. The number of aromatic nitrogens is 18. The highest BCUT2D eigenvalue weighted by Crippen LogP contribution is 2.74. The van der Waals surface area contributed by atoms with Crippen molar-refractivity contribution in [1.29, 1.82) is 0 Å². The highest BCUT2D eigenvalue weighted by molar-refractivity contribution is 7.47. The topological polar surface area (TPSA) is 641 Å². The Labute approximate surface area is 677 Å². The van der Waals surface area contributed by atoms with E-state index in [1.165, 1.54) is 0 Å². The standard InChI is InChI=1S/C14H21N5O8P2.2C14H19N5O2.C14H20N4O8P2.C14H18N4O2/c1-7-17-12(15-2)11-13(18-7)19(6-16-11)9-3-10(27-29(23,24)25)14(4-8(9)14)5-26-28(20,21)22;2*1-7-17-12(15-2)11-13(18-7)19(6-16-11)9-3-10(21)14(5-20)4-8(9)14;1-15-9-2-3-16-13-12(9)17-7-18(13)10-4-11(26-28(22,23)24)14(5-8(10)14)6-25-27(19,20)21;1-15-9-2-3-16-13-12(9)17-7-18(13)10-4-11(20)14(6-19)5-8(10)14/h6,8-10H,3-5H2,1-2H3,(H,15,17,18)(H2,20,21,22)(H2,23,24,25);2*6,8-10,20-21H,3-5H2,1-2H3,(H,15,17,18);2-3,7-8,10-11H,4-6H2,1H3,(H,15,16)(H2,19,20,21)(H2,22,23,24);2-3,7-8,10-11,19-20H,4-6H2,1H3,(H,15,16)/t3*8-,9+,10+,14+;2*8-,10+,11+,14+/m11111/s1. The van der Waals surface area contributed by atoms with Crippen LogP contribution in [0.5, 0.6) is 0 Å². The van der Waals surface area contributed by atoms with Crippen molar-refractivity contribution < 1.29 is 106 Å². The summed E-state index contributed by atoms with van der Waals surface area (Å²) in [6, 6.07) is 3.63. The fourth-order valence-corrected chi connectivity index (χ4v) is 22.5. The first-order valence-electron chi connectivity index (χ1n) is 38.8. The summed E-state index contributed by atoms with van der Waals surface area (Å²) < 4.78 is 74.3. The molecule has 45 nitrogen and oxygen atoms in total. The van der Waals surface area contributed by atoms with E-state index in [-0.39, 0.29) is 104 Å². The SMILES string of the molecule is CNc1ccnc2c1ncn2[C@H]1C[C@H](O)[C@]2(CO)C[C@H]12.CNc1ccnc2c1ncn2[C@H]1C[C@H](OP(=O)(O)O)[C@]2(COP(=O)(O)O)C[C@H]12.CNc1nc(C)nc2c1ncn2[C@H]1C[C@H](O)[C@]2(CO)C[C@H]12.CNc1nc(C)nc2c1ncn2[C@H]1C[C@H](O)[C@]2(CO)C[C@H]12.CNc1nc(C)nc2c1ncn2[C@H]1C[C@H](OP(=O)(O)O)[C@]2(COP(=O)(O)O)C[C@H]12. The summed E-state index contributed by atoms with van der Waals surface area (Å²) >= 11 is 0. The normalized spacial score (nSPS) is 32.1. The van der Waals surface area contributed by atoms with Crippen LogP contribution in [0.15, 0.2) is 56.2 Å². The van der Waals surface area contributed by atoms with Crippen LogP contribution in [0.2, 0.25) is 0 Å². The van der Waals surface area contributed by atoms with Crippen molar-refractivity contribution in [3.8, 4) is 0 Å². The fraction of sp³-hybridized carbons (Fsp3) is 0.614. The number of imidazole rings is 5. The smallest absolute Gasteiger partial charge is 0.396 e. The third-order valence-electron chi connectivity index (χ3n) is 26.8. The van der Waals surface area contributed by atoms with Gasteiger partial charge in [0.25, 0.3) is 0 Å². The average molecular weight is 1740 g/mol. The highest BCUT2D eigenvalue weighted by Gasteiger charge is 2.73. The third kappa shape index (κ3) is 15.2. The van der Waals surface area contributed by atoms with Crippen molar-refractivity contribution in [2.75, 3.05) is 94.9 Å². The molecule has 0 bridgehead atoms. The first kappa shape index (κ1) is 84.7. The quantitative estimate of drug-likeness (QED) is 0.0408. The molecule has 10 aromatic heterocycles. The molecule has 10 heterocycles. The molecule has 0 spiro atoms. The van der Waals surface area contributed by atoms with E-state index in [1.807, 2.05) is 61.1 Å². The van der Waals surface area contributed by atoms with Gasteiger partial charge in [0.1, 0.15) is 45.1 Å². The lowest BCUT2D eigenvalue weighted by molar-refractivity contribution is 0.0484. The summed E-state index contributed by atoms with van der Waals surface area (Å²) in [4.78, 5) is 131. The molecule has 644 valence electrons. The number of fused-ring (bicyclic) bond motifs is 10. The Morgan fingerprint density at radius 3 is 0.891 bits per heavy atom. The van der Waals surface area contributed by atoms with Crippen molar-refractivity contribution in [2.24, 2.45) is 56.7 Å². The Bertz CT molecular complexity index is 5620. The Kier molecular flexibility index (Phi) is 22.0. The van der Waals surface area contributed by atoms with Gasteiger partial charge in [0.15, 0.2) is 45.7 Å². The van der Waals surface area contributed by atoms with Crippen LogP contribution in [-0.2, 0) is 36.4 Å². The second-order valence-corrected chi connectivity index (χ2v) is 37.8. The second kappa shape index (κ2) is 30.8. The van der Waals surface area contributed by atoms with Crippen molar-refractivity contribution in [3.05, 3.63) is 73.6 Å². The van der Waals surface area contributed by atoms with Gasteiger partial charge in [0.05, 0.1) is 107 Å². The van der Waals surface area contributed by atoms with E-state index < -0.39 is 72.6 Å². The summed E-state index contributed by atoms with van der Waals surface area (Å²) in [5.74, 6) is 4.54. The van der Waals surface area contributed by atoms with Gasteiger partial charge < -0.3 is 119 Å². The molecule has 0 aromatic carbocycles. The van der Waals surface area contributed by atoms with Gasteiger partial charge in [-0.05, 0) is 127 Å². The van der Waals surface area contributed by atoms with Crippen molar-refractivity contribution >= 4 is 116 Å². The van der Waals surface area contributed by atoms with Crippen LogP contribution in [0.1, 0.15) is 112 Å². The van der Waals surface area contributed by atoms with E-state index in [0.29, 0.717) is 95.5 Å². The lowest BCUT2D eigenvalue weighted by Crippen LogP contribution is -2.26. The molecular weight excluding hydrogens is 1640 g/mol. The number of nitrogens with one attached hydrogen (secondary N) is 5. The number of hydrogen-bond donors (Lipinski definition) is 19. The van der Waals surface area contributed by atoms with Crippen molar-refractivity contribution in [3.63, 3.8) is 0 Å². The molecule has 0 unspecified atom stereocenters. The minimum atomic E-state index is -4.81. The fourth-order valence-electron chi connectivity index (χ4n) is 20.4. The van der Waals surface area contributed by atoms with Crippen LogP contribution < -0.4 is 26.6 Å². The Morgan fingerprint density at radius 2 is 0.639 bits per heavy atom. The summed E-state index contributed by atoms with van der Waals surface area (Å²) in [6.07, 6.45) is 14.7. The van der Waals surface area contributed by atoms with E-state index in [4.69, 9.17) is 28.6 Å². The Balaban J connectivity index is 0.000000112.